The molecule has 36 heavy (non-hydrogen) atoms. The van der Waals surface area contributed by atoms with Gasteiger partial charge < -0.3 is 40.5 Å². The number of primary sulfonamides is 1. The predicted molar refractivity (Wildman–Crippen MR) is 129 cm³/mol. The van der Waals surface area contributed by atoms with Gasteiger partial charge in [0.15, 0.2) is 12.0 Å². The number of carbonyl (C=O) groups excluding carboxylic acids is 1. The van der Waals surface area contributed by atoms with E-state index in [-0.39, 0.29) is 17.0 Å². The van der Waals surface area contributed by atoms with E-state index in [1.54, 1.807) is 30.3 Å². The number of anilines is 1. The molecule has 198 valence electrons. The number of para-hydroxylation sites is 1. The molecular weight excluding hydrogens is 494 g/mol. The van der Waals surface area contributed by atoms with Crippen LogP contribution in [0.5, 0.6) is 11.5 Å². The normalized spacial score (nSPS) is 24.2. The number of nitrogens with one attached hydrogen (secondary N) is 2. The van der Waals surface area contributed by atoms with Crippen LogP contribution in [0.4, 0.5) is 5.69 Å². The van der Waals surface area contributed by atoms with Gasteiger partial charge in [-0.25, -0.2) is 13.6 Å². The van der Waals surface area contributed by atoms with Crippen molar-refractivity contribution in [3.8, 4) is 11.5 Å². The summed E-state index contributed by atoms with van der Waals surface area (Å²) < 4.78 is 35.9. The summed E-state index contributed by atoms with van der Waals surface area (Å²) in [5.74, 6) is -0.638. The molecule has 0 bridgehead atoms. The van der Waals surface area contributed by atoms with Crippen LogP contribution in [-0.4, -0.2) is 78.5 Å². The lowest BCUT2D eigenvalue weighted by Gasteiger charge is -2.40. The van der Waals surface area contributed by atoms with Crippen LogP contribution in [-0.2, 0) is 14.8 Å². The predicted octanol–water partition coefficient (Wildman–Crippen LogP) is -0.132. The van der Waals surface area contributed by atoms with Crippen molar-refractivity contribution in [1.82, 2.24) is 5.32 Å². The highest BCUT2D eigenvalue weighted by atomic mass is 32.2. The molecule has 1 amide bonds. The van der Waals surface area contributed by atoms with Gasteiger partial charge in [-0.1, -0.05) is 31.5 Å². The van der Waals surface area contributed by atoms with Crippen LogP contribution in [0.2, 0.25) is 0 Å². The summed E-state index contributed by atoms with van der Waals surface area (Å²) in [4.78, 5) is 12.6. The third-order valence-corrected chi connectivity index (χ3v) is 6.55. The smallest absolute Gasteiger partial charge is 0.251 e. The van der Waals surface area contributed by atoms with E-state index in [4.69, 9.17) is 14.6 Å². The van der Waals surface area contributed by atoms with Gasteiger partial charge in [-0.05, 0) is 30.7 Å². The van der Waals surface area contributed by atoms with E-state index in [9.17, 15) is 33.6 Å². The van der Waals surface area contributed by atoms with E-state index in [2.05, 4.69) is 10.6 Å². The lowest BCUT2D eigenvalue weighted by Crippen LogP contribution is -2.64. The summed E-state index contributed by atoms with van der Waals surface area (Å²) in [6.07, 6.45) is -4.66. The topological polar surface area (TPSA) is 201 Å². The minimum atomic E-state index is -4.37. The maximum atomic E-state index is 13.1. The lowest BCUT2D eigenvalue weighted by molar-refractivity contribution is -0.252. The molecule has 12 nitrogen and oxygen atoms in total. The maximum absolute atomic E-state index is 13.1. The van der Waals surface area contributed by atoms with E-state index in [1.165, 1.54) is 6.07 Å². The van der Waals surface area contributed by atoms with E-state index >= 15 is 0 Å². The van der Waals surface area contributed by atoms with Crippen molar-refractivity contribution in [3.05, 3.63) is 48.0 Å². The molecule has 1 heterocycles. The number of hydrogen-bond donors (Lipinski definition) is 7. The number of aliphatic hydroxyl groups excluding tert-OH is 4. The number of benzene rings is 2. The summed E-state index contributed by atoms with van der Waals surface area (Å²) in [5, 5.41) is 50.7. The van der Waals surface area contributed by atoms with Crippen molar-refractivity contribution in [3.63, 3.8) is 0 Å². The van der Waals surface area contributed by atoms with Gasteiger partial charge >= 0.3 is 0 Å². The largest absolute Gasteiger partial charge is 0.454 e. The van der Waals surface area contributed by atoms with Gasteiger partial charge in [-0.3, -0.25) is 4.79 Å². The van der Waals surface area contributed by atoms with Gasteiger partial charge in [0.1, 0.15) is 35.0 Å². The van der Waals surface area contributed by atoms with Gasteiger partial charge in [-0.15, -0.1) is 0 Å². The molecule has 1 saturated heterocycles. The molecule has 2 aromatic carbocycles. The average Bonchev–Trinajstić information content (AvgIpc) is 2.84. The molecule has 0 saturated carbocycles. The fraction of sp³-hybridized carbons (Fsp3) is 0.435. The fourth-order valence-corrected chi connectivity index (χ4v) is 4.38. The number of hydrogen-bond acceptors (Lipinski definition) is 10. The van der Waals surface area contributed by atoms with Crippen LogP contribution < -0.4 is 20.5 Å². The Labute approximate surface area is 208 Å². The monoisotopic (exact) mass is 525 g/mol. The molecule has 0 aromatic heterocycles. The van der Waals surface area contributed by atoms with Gasteiger partial charge in [0.05, 0.1) is 12.3 Å². The summed E-state index contributed by atoms with van der Waals surface area (Å²) in [6, 6.07) is 9.33. The quantitative estimate of drug-likeness (QED) is 0.205. The average molecular weight is 526 g/mol. The third-order valence-electron chi connectivity index (χ3n) is 5.63. The second kappa shape index (κ2) is 12.0. The van der Waals surface area contributed by atoms with Crippen LogP contribution >= 0.6 is 0 Å². The van der Waals surface area contributed by atoms with Crippen molar-refractivity contribution in [2.24, 2.45) is 5.14 Å². The molecule has 5 atom stereocenters. The molecule has 0 spiro atoms. The minimum absolute atomic E-state index is 0.0985. The zero-order valence-electron chi connectivity index (χ0n) is 19.6. The van der Waals surface area contributed by atoms with Gasteiger partial charge in [0.25, 0.3) is 5.91 Å². The molecule has 0 radical (unpaired) electrons. The molecule has 3 rings (SSSR count). The number of nitrogens with two attached hydrogens (primary N) is 1. The Morgan fingerprint density at radius 3 is 2.44 bits per heavy atom. The van der Waals surface area contributed by atoms with Crippen molar-refractivity contribution >= 4 is 21.6 Å². The zero-order valence-corrected chi connectivity index (χ0v) is 20.4. The lowest BCUT2D eigenvalue weighted by atomic mass is 9.96. The van der Waals surface area contributed by atoms with Crippen molar-refractivity contribution < 1.29 is 43.1 Å². The number of amides is 1. The highest BCUT2D eigenvalue weighted by Gasteiger charge is 2.44. The second-order valence-corrected chi connectivity index (χ2v) is 9.85. The Morgan fingerprint density at radius 1 is 1.14 bits per heavy atom. The van der Waals surface area contributed by atoms with Crippen LogP contribution in [0.25, 0.3) is 0 Å². The van der Waals surface area contributed by atoms with Crippen molar-refractivity contribution in [2.45, 2.75) is 55.3 Å². The standard InChI is InChI=1S/C23H31N3O9S/c1-2-3-9-25-15-10-13(22(30)26-18-20(29)19(28)16(12-27)35-23(18)31)11-17(36(24,32)33)21(15)34-14-7-5-4-6-8-14/h4-8,10-11,16,18-20,23,25,27-29,31H,2-3,9,12H2,1H3,(H,26,30)(H2,24,32,33)/t16-,18-,19-,20-,23?/m1/s1. The highest BCUT2D eigenvalue weighted by Crippen LogP contribution is 2.37. The van der Waals surface area contributed by atoms with E-state index in [1.807, 2.05) is 6.92 Å². The SMILES string of the molecule is CCCCNc1cc(C(=O)N[C@H]2C(O)O[C@H](CO)[C@@H](O)[C@@H]2O)cc(S(N)(=O)=O)c1Oc1ccccc1. The molecule has 1 fully saturated rings. The summed E-state index contributed by atoms with van der Waals surface area (Å²) in [6.45, 7) is 1.75. The Morgan fingerprint density at radius 2 is 1.83 bits per heavy atom. The van der Waals surface area contributed by atoms with Gasteiger partial charge in [0.2, 0.25) is 10.0 Å². The maximum Gasteiger partial charge on any atom is 0.251 e. The first-order chi connectivity index (χ1) is 17.1. The van der Waals surface area contributed by atoms with E-state index in [0.29, 0.717) is 12.3 Å². The van der Waals surface area contributed by atoms with Crippen LogP contribution in [0.3, 0.4) is 0 Å². The van der Waals surface area contributed by atoms with E-state index in [0.717, 1.165) is 18.9 Å². The molecule has 1 aliphatic heterocycles. The van der Waals surface area contributed by atoms with Crippen molar-refractivity contribution in [1.29, 1.82) is 0 Å². The van der Waals surface area contributed by atoms with Gasteiger partial charge in [0, 0.05) is 12.1 Å². The Balaban J connectivity index is 1.99. The molecule has 13 heteroatoms. The first-order valence-electron chi connectivity index (χ1n) is 11.4. The Bertz CT molecular complexity index is 1150. The molecule has 1 aliphatic rings. The molecule has 8 N–H and O–H groups in total. The summed E-state index contributed by atoms with van der Waals surface area (Å²) in [7, 11) is -4.37. The first kappa shape index (κ1) is 27.8. The van der Waals surface area contributed by atoms with Gasteiger partial charge in [-0.2, -0.15) is 0 Å². The van der Waals surface area contributed by atoms with Crippen molar-refractivity contribution in [2.75, 3.05) is 18.5 Å². The number of unbranched alkanes of at least 4 members (excludes halogenated alkanes) is 1. The zero-order chi connectivity index (χ0) is 26.5. The molecule has 1 unspecified atom stereocenters. The minimum Gasteiger partial charge on any atom is -0.454 e. The Kier molecular flexibility index (Phi) is 9.24. The number of rotatable bonds is 10. The second-order valence-electron chi connectivity index (χ2n) is 8.32. The third kappa shape index (κ3) is 6.50. The van der Waals surface area contributed by atoms with E-state index < -0.39 is 58.1 Å². The van der Waals surface area contributed by atoms with Crippen LogP contribution in [0.1, 0.15) is 30.1 Å². The molecule has 2 aromatic rings. The fourth-order valence-electron chi connectivity index (χ4n) is 3.68. The molecular formula is C23H31N3O9S. The Hall–Kier alpha value is -2.78. The molecule has 0 aliphatic carbocycles. The van der Waals surface area contributed by atoms with Crippen LogP contribution in [0, 0.1) is 0 Å². The number of carbonyl (C=O) groups is 1. The number of aliphatic hydroxyl groups is 4. The first-order valence-corrected chi connectivity index (χ1v) is 12.9. The number of ether oxygens (including phenoxy) is 2. The van der Waals surface area contributed by atoms with Crippen LogP contribution in [0.15, 0.2) is 47.4 Å². The summed E-state index contributed by atoms with van der Waals surface area (Å²) >= 11 is 0. The summed E-state index contributed by atoms with van der Waals surface area (Å²) in [5.41, 5.74) is 0.0157. The number of sulfonamides is 1. The highest BCUT2D eigenvalue weighted by molar-refractivity contribution is 7.89.